The highest BCUT2D eigenvalue weighted by molar-refractivity contribution is 6.32. The van der Waals surface area contributed by atoms with E-state index in [1.54, 1.807) is 43.3 Å². The molecule has 0 radical (unpaired) electrons. The van der Waals surface area contributed by atoms with Crippen molar-refractivity contribution in [1.29, 1.82) is 0 Å². The molecule has 8 nitrogen and oxygen atoms in total. The lowest BCUT2D eigenvalue weighted by Crippen LogP contribution is -2.42. The Kier molecular flexibility index (Phi) is 6.07. The quantitative estimate of drug-likeness (QED) is 0.401. The average Bonchev–Trinajstić information content (AvgIpc) is 2.92. The molecule has 0 saturated carbocycles. The summed E-state index contributed by atoms with van der Waals surface area (Å²) in [4.78, 5) is 42.5. The highest BCUT2D eigenvalue weighted by Crippen LogP contribution is 2.30. The minimum atomic E-state index is -1.30. The van der Waals surface area contributed by atoms with Gasteiger partial charge in [-0.3, -0.25) is 14.5 Å². The number of pyridine rings is 1. The lowest BCUT2D eigenvalue weighted by Gasteiger charge is -2.22. The SMILES string of the molecule is C=C(C)COc1ccc(C2(C)NC(=O)N(CC(=O)Nc3cccnc3Cl)C2=O)cc1. The number of carbonyl (C=O) groups excluding carboxylic acids is 3. The van der Waals surface area contributed by atoms with Crippen LogP contribution < -0.4 is 15.4 Å². The second-order valence-corrected chi connectivity index (χ2v) is 7.46. The van der Waals surface area contributed by atoms with E-state index in [4.69, 9.17) is 16.3 Å². The number of nitrogens with zero attached hydrogens (tertiary/aromatic N) is 2. The maximum atomic E-state index is 13.0. The van der Waals surface area contributed by atoms with Crippen LogP contribution in [0.5, 0.6) is 5.75 Å². The van der Waals surface area contributed by atoms with Gasteiger partial charge in [0.1, 0.15) is 24.4 Å². The summed E-state index contributed by atoms with van der Waals surface area (Å²) in [6.07, 6.45) is 1.48. The van der Waals surface area contributed by atoms with Gasteiger partial charge < -0.3 is 15.4 Å². The third-order valence-electron chi connectivity index (χ3n) is 4.53. The number of urea groups is 1. The predicted molar refractivity (Wildman–Crippen MR) is 112 cm³/mol. The van der Waals surface area contributed by atoms with Crippen LogP contribution in [0.4, 0.5) is 10.5 Å². The minimum Gasteiger partial charge on any atom is -0.489 e. The Labute approximate surface area is 178 Å². The highest BCUT2D eigenvalue weighted by atomic mass is 35.5. The smallest absolute Gasteiger partial charge is 0.325 e. The number of ether oxygens (including phenoxy) is 1. The molecule has 1 fully saturated rings. The maximum Gasteiger partial charge on any atom is 0.325 e. The number of amides is 4. The zero-order valence-electron chi connectivity index (χ0n) is 16.6. The number of aromatic nitrogens is 1. The normalized spacial score (nSPS) is 18.2. The number of hydrogen-bond acceptors (Lipinski definition) is 5. The van der Waals surface area contributed by atoms with E-state index in [1.807, 2.05) is 6.92 Å². The van der Waals surface area contributed by atoms with Crippen molar-refractivity contribution in [3.63, 3.8) is 0 Å². The molecule has 2 aromatic rings. The molecule has 2 N–H and O–H groups in total. The third kappa shape index (κ3) is 4.44. The van der Waals surface area contributed by atoms with Crippen LogP contribution in [-0.2, 0) is 15.1 Å². The maximum absolute atomic E-state index is 13.0. The molecule has 1 unspecified atom stereocenters. The third-order valence-corrected chi connectivity index (χ3v) is 4.83. The van der Waals surface area contributed by atoms with Crippen LogP contribution in [0.25, 0.3) is 0 Å². The molecule has 30 heavy (non-hydrogen) atoms. The number of anilines is 1. The largest absolute Gasteiger partial charge is 0.489 e. The topological polar surface area (TPSA) is 101 Å². The molecule has 0 aliphatic carbocycles. The van der Waals surface area contributed by atoms with E-state index in [0.717, 1.165) is 10.5 Å². The van der Waals surface area contributed by atoms with Crippen molar-refractivity contribution < 1.29 is 19.1 Å². The van der Waals surface area contributed by atoms with Gasteiger partial charge in [0.15, 0.2) is 5.15 Å². The molecular weight excluding hydrogens is 408 g/mol. The lowest BCUT2D eigenvalue weighted by molar-refractivity contribution is -0.133. The summed E-state index contributed by atoms with van der Waals surface area (Å²) in [6.45, 7) is 7.16. The first-order valence-electron chi connectivity index (χ1n) is 9.13. The zero-order chi connectivity index (χ0) is 21.9. The number of rotatable bonds is 7. The Bertz CT molecular complexity index is 1010. The number of nitrogens with one attached hydrogen (secondary N) is 2. The molecule has 4 amide bonds. The summed E-state index contributed by atoms with van der Waals surface area (Å²) < 4.78 is 5.55. The first-order chi connectivity index (χ1) is 14.2. The van der Waals surface area contributed by atoms with E-state index >= 15 is 0 Å². The Morgan fingerprint density at radius 3 is 2.63 bits per heavy atom. The molecule has 156 valence electrons. The van der Waals surface area contributed by atoms with Gasteiger partial charge in [0.05, 0.1) is 5.69 Å². The summed E-state index contributed by atoms with van der Waals surface area (Å²) >= 11 is 5.92. The van der Waals surface area contributed by atoms with E-state index in [1.165, 1.54) is 6.20 Å². The first-order valence-corrected chi connectivity index (χ1v) is 9.50. The Morgan fingerprint density at radius 1 is 1.30 bits per heavy atom. The number of imide groups is 1. The average molecular weight is 429 g/mol. The fourth-order valence-corrected chi connectivity index (χ4v) is 3.11. The second-order valence-electron chi connectivity index (χ2n) is 7.11. The fraction of sp³-hybridized carbons (Fsp3) is 0.238. The van der Waals surface area contributed by atoms with Crippen molar-refractivity contribution >= 4 is 35.1 Å². The number of hydrogen-bond donors (Lipinski definition) is 2. The van der Waals surface area contributed by atoms with Crippen LogP contribution in [0.3, 0.4) is 0 Å². The van der Waals surface area contributed by atoms with Crippen LogP contribution in [0.1, 0.15) is 19.4 Å². The van der Waals surface area contributed by atoms with Gasteiger partial charge in [-0.15, -0.1) is 0 Å². The van der Waals surface area contributed by atoms with Crippen molar-refractivity contribution in [2.45, 2.75) is 19.4 Å². The molecule has 0 spiro atoms. The van der Waals surface area contributed by atoms with E-state index in [-0.39, 0.29) is 5.15 Å². The van der Waals surface area contributed by atoms with Gasteiger partial charge in [0.25, 0.3) is 5.91 Å². The Hall–Kier alpha value is -3.39. The van der Waals surface area contributed by atoms with Gasteiger partial charge in [-0.05, 0) is 49.2 Å². The molecule has 1 aromatic carbocycles. The van der Waals surface area contributed by atoms with Gasteiger partial charge in [0, 0.05) is 6.20 Å². The van der Waals surface area contributed by atoms with Crippen LogP contribution >= 0.6 is 11.6 Å². The van der Waals surface area contributed by atoms with Crippen LogP contribution in [-0.4, -0.2) is 40.9 Å². The monoisotopic (exact) mass is 428 g/mol. The number of benzene rings is 1. The van der Waals surface area contributed by atoms with Crippen molar-refractivity contribution in [1.82, 2.24) is 15.2 Å². The minimum absolute atomic E-state index is 0.113. The number of carbonyl (C=O) groups is 3. The number of halogens is 1. The van der Waals surface area contributed by atoms with Gasteiger partial charge in [-0.2, -0.15) is 0 Å². The summed E-state index contributed by atoms with van der Waals surface area (Å²) in [5.41, 5.74) is 0.452. The van der Waals surface area contributed by atoms with Crippen molar-refractivity contribution in [2.24, 2.45) is 0 Å². The standard InChI is InChI=1S/C21H21ClN4O4/c1-13(2)12-30-15-8-6-14(7-9-15)21(3)19(28)26(20(29)25-21)11-17(27)24-16-5-4-10-23-18(16)22/h4-10H,1,11-12H2,2-3H3,(H,24,27)(H,25,29). The van der Waals surface area contributed by atoms with Crippen LogP contribution in [0, 0.1) is 0 Å². The van der Waals surface area contributed by atoms with E-state index < -0.39 is 29.9 Å². The van der Waals surface area contributed by atoms with Gasteiger partial charge in [-0.25, -0.2) is 9.78 Å². The second kappa shape index (κ2) is 8.54. The predicted octanol–water partition coefficient (Wildman–Crippen LogP) is 3.10. The summed E-state index contributed by atoms with van der Waals surface area (Å²) in [5, 5.41) is 5.32. The lowest BCUT2D eigenvalue weighted by atomic mass is 9.92. The van der Waals surface area contributed by atoms with Crippen molar-refractivity contribution in [3.05, 3.63) is 65.5 Å². The molecule has 9 heteroatoms. The molecule has 0 bridgehead atoms. The van der Waals surface area contributed by atoms with Gasteiger partial charge in [0.2, 0.25) is 5.91 Å². The van der Waals surface area contributed by atoms with Gasteiger partial charge in [-0.1, -0.05) is 30.3 Å². The summed E-state index contributed by atoms with van der Waals surface area (Å²) in [7, 11) is 0. The van der Waals surface area contributed by atoms with Crippen LogP contribution in [0.2, 0.25) is 5.15 Å². The molecule has 2 heterocycles. The fourth-order valence-electron chi connectivity index (χ4n) is 2.94. The molecule has 1 saturated heterocycles. The molecule has 1 atom stereocenters. The molecule has 1 aliphatic rings. The van der Waals surface area contributed by atoms with E-state index in [0.29, 0.717) is 23.6 Å². The van der Waals surface area contributed by atoms with Crippen LogP contribution in [0.15, 0.2) is 54.7 Å². The zero-order valence-corrected chi connectivity index (χ0v) is 17.3. The Balaban J connectivity index is 1.70. The summed E-state index contributed by atoms with van der Waals surface area (Å²) in [5.74, 6) is -0.483. The highest BCUT2D eigenvalue weighted by Gasteiger charge is 2.49. The van der Waals surface area contributed by atoms with E-state index in [9.17, 15) is 14.4 Å². The first kappa shape index (κ1) is 21.3. The molecule has 1 aromatic heterocycles. The van der Waals surface area contributed by atoms with Crippen molar-refractivity contribution in [3.8, 4) is 5.75 Å². The molecule has 3 rings (SSSR count). The Morgan fingerprint density at radius 2 is 2.00 bits per heavy atom. The molecule has 1 aliphatic heterocycles. The van der Waals surface area contributed by atoms with Gasteiger partial charge >= 0.3 is 6.03 Å². The summed E-state index contributed by atoms with van der Waals surface area (Å²) in [6, 6.07) is 9.34. The van der Waals surface area contributed by atoms with Crippen molar-refractivity contribution in [2.75, 3.05) is 18.5 Å². The van der Waals surface area contributed by atoms with E-state index in [2.05, 4.69) is 22.2 Å². The molecular formula is C21H21ClN4O4.